The Kier molecular flexibility index (Phi) is 6.33. The second kappa shape index (κ2) is 9.34. The lowest BCUT2D eigenvalue weighted by molar-refractivity contribution is -0.127. The summed E-state index contributed by atoms with van der Waals surface area (Å²) in [6.07, 6.45) is 2.18. The fourth-order valence-corrected chi connectivity index (χ4v) is 3.75. The second-order valence-electron chi connectivity index (χ2n) is 7.60. The molecule has 0 saturated carbocycles. The van der Waals surface area contributed by atoms with Gasteiger partial charge in [0, 0.05) is 22.3 Å². The van der Waals surface area contributed by atoms with E-state index in [1.165, 1.54) is 6.08 Å². The van der Waals surface area contributed by atoms with Crippen LogP contribution in [0.25, 0.3) is 17.4 Å². The van der Waals surface area contributed by atoms with Crippen molar-refractivity contribution in [3.63, 3.8) is 0 Å². The summed E-state index contributed by atoms with van der Waals surface area (Å²) in [4.78, 5) is 38.4. The SMILES string of the molecule is CCc1ccccc1NC(=O)CN1C(=O)N/C(=C/c2ccc(-c3cc(Cl)ccc3C)o2)C1=O. The zero-order chi connectivity index (χ0) is 23.5. The summed E-state index contributed by atoms with van der Waals surface area (Å²) < 4.78 is 5.84. The number of carbonyl (C=O) groups excluding carboxylic acids is 3. The van der Waals surface area contributed by atoms with Crippen molar-refractivity contribution in [1.82, 2.24) is 10.2 Å². The van der Waals surface area contributed by atoms with Crippen molar-refractivity contribution < 1.29 is 18.8 Å². The van der Waals surface area contributed by atoms with E-state index in [0.717, 1.165) is 28.0 Å². The monoisotopic (exact) mass is 463 g/mol. The van der Waals surface area contributed by atoms with Gasteiger partial charge in [0.2, 0.25) is 5.91 Å². The highest BCUT2D eigenvalue weighted by atomic mass is 35.5. The molecule has 1 saturated heterocycles. The average Bonchev–Trinajstić information content (AvgIpc) is 3.36. The Balaban J connectivity index is 1.47. The summed E-state index contributed by atoms with van der Waals surface area (Å²) in [6, 6.07) is 15.7. The third-order valence-corrected chi connectivity index (χ3v) is 5.55. The van der Waals surface area contributed by atoms with Crippen molar-refractivity contribution in [2.24, 2.45) is 0 Å². The molecule has 0 spiro atoms. The van der Waals surface area contributed by atoms with E-state index in [2.05, 4.69) is 10.6 Å². The van der Waals surface area contributed by atoms with Crippen molar-refractivity contribution in [1.29, 1.82) is 0 Å². The second-order valence-corrected chi connectivity index (χ2v) is 8.04. The number of nitrogens with zero attached hydrogens (tertiary/aromatic N) is 1. The number of rotatable bonds is 6. The highest BCUT2D eigenvalue weighted by molar-refractivity contribution is 6.30. The molecule has 1 fully saturated rings. The molecule has 2 N–H and O–H groups in total. The van der Waals surface area contributed by atoms with E-state index in [1.54, 1.807) is 30.3 Å². The lowest BCUT2D eigenvalue weighted by Gasteiger charge is -2.13. The molecule has 0 radical (unpaired) electrons. The number of hydrogen-bond donors (Lipinski definition) is 2. The number of imide groups is 1. The molecule has 168 valence electrons. The number of benzene rings is 2. The first kappa shape index (κ1) is 22.4. The predicted octanol–water partition coefficient (Wildman–Crippen LogP) is 5.00. The van der Waals surface area contributed by atoms with Gasteiger partial charge in [0.1, 0.15) is 23.8 Å². The quantitative estimate of drug-likeness (QED) is 0.397. The Labute approximate surface area is 196 Å². The van der Waals surface area contributed by atoms with E-state index >= 15 is 0 Å². The number of halogens is 1. The van der Waals surface area contributed by atoms with Gasteiger partial charge < -0.3 is 15.1 Å². The molecule has 0 aliphatic carbocycles. The predicted molar refractivity (Wildman–Crippen MR) is 127 cm³/mol. The van der Waals surface area contributed by atoms with Gasteiger partial charge in [0.15, 0.2) is 0 Å². The number of furan rings is 1. The Morgan fingerprint density at radius 2 is 1.94 bits per heavy atom. The zero-order valence-electron chi connectivity index (χ0n) is 18.1. The van der Waals surface area contributed by atoms with Crippen molar-refractivity contribution in [2.75, 3.05) is 11.9 Å². The average molecular weight is 464 g/mol. The minimum atomic E-state index is -0.664. The number of aryl methyl sites for hydroxylation is 2. The van der Waals surface area contributed by atoms with Crippen LogP contribution in [0.5, 0.6) is 0 Å². The van der Waals surface area contributed by atoms with Gasteiger partial charge >= 0.3 is 6.03 Å². The number of urea groups is 1. The maximum Gasteiger partial charge on any atom is 0.329 e. The number of hydrogen-bond acceptors (Lipinski definition) is 4. The third kappa shape index (κ3) is 4.83. The summed E-state index contributed by atoms with van der Waals surface area (Å²) in [5.74, 6) is -0.0891. The van der Waals surface area contributed by atoms with Gasteiger partial charge in [0.25, 0.3) is 5.91 Å². The highest BCUT2D eigenvalue weighted by Gasteiger charge is 2.35. The van der Waals surface area contributed by atoms with Crippen LogP contribution in [0.4, 0.5) is 10.5 Å². The van der Waals surface area contributed by atoms with E-state index in [9.17, 15) is 14.4 Å². The van der Waals surface area contributed by atoms with Crippen LogP contribution >= 0.6 is 11.6 Å². The van der Waals surface area contributed by atoms with Crippen molar-refractivity contribution in [2.45, 2.75) is 20.3 Å². The fourth-order valence-electron chi connectivity index (χ4n) is 3.58. The summed E-state index contributed by atoms with van der Waals surface area (Å²) >= 11 is 6.09. The van der Waals surface area contributed by atoms with Crippen LogP contribution in [0.3, 0.4) is 0 Å². The Morgan fingerprint density at radius 1 is 1.15 bits per heavy atom. The molecule has 33 heavy (non-hydrogen) atoms. The number of anilines is 1. The summed E-state index contributed by atoms with van der Waals surface area (Å²) in [5, 5.41) is 5.85. The van der Waals surface area contributed by atoms with Crippen molar-refractivity contribution in [3.05, 3.63) is 82.2 Å². The molecule has 0 unspecified atom stereocenters. The topological polar surface area (TPSA) is 91.7 Å². The third-order valence-electron chi connectivity index (χ3n) is 5.31. The molecule has 4 rings (SSSR count). The normalized spacial score (nSPS) is 14.6. The van der Waals surface area contributed by atoms with Crippen LogP contribution in [-0.4, -0.2) is 29.3 Å². The van der Waals surface area contributed by atoms with E-state index in [-0.39, 0.29) is 5.70 Å². The summed E-state index contributed by atoms with van der Waals surface area (Å²) in [5.41, 5.74) is 3.48. The van der Waals surface area contributed by atoms with E-state index in [0.29, 0.717) is 22.2 Å². The van der Waals surface area contributed by atoms with Crippen LogP contribution in [-0.2, 0) is 16.0 Å². The molecule has 4 amide bonds. The maximum atomic E-state index is 12.7. The Hall–Kier alpha value is -3.84. The Morgan fingerprint density at radius 3 is 2.73 bits per heavy atom. The van der Waals surface area contributed by atoms with Gasteiger partial charge in [-0.3, -0.25) is 9.59 Å². The van der Waals surface area contributed by atoms with Crippen LogP contribution in [0.15, 0.2) is 64.7 Å². The number of carbonyl (C=O) groups is 3. The van der Waals surface area contributed by atoms with Gasteiger partial charge in [0.05, 0.1) is 0 Å². The fraction of sp³-hybridized carbons (Fsp3) is 0.160. The zero-order valence-corrected chi connectivity index (χ0v) is 18.9. The largest absolute Gasteiger partial charge is 0.457 e. The lowest BCUT2D eigenvalue weighted by atomic mass is 10.1. The van der Waals surface area contributed by atoms with Crippen molar-refractivity contribution >= 4 is 41.2 Å². The van der Waals surface area contributed by atoms with Crippen LogP contribution < -0.4 is 10.6 Å². The smallest absolute Gasteiger partial charge is 0.329 e. The first-order valence-electron chi connectivity index (χ1n) is 10.4. The summed E-state index contributed by atoms with van der Waals surface area (Å²) in [7, 11) is 0. The van der Waals surface area contributed by atoms with E-state index in [1.807, 2.05) is 38.1 Å². The van der Waals surface area contributed by atoms with E-state index < -0.39 is 24.4 Å². The van der Waals surface area contributed by atoms with Crippen LogP contribution in [0.1, 0.15) is 23.8 Å². The van der Waals surface area contributed by atoms with Gasteiger partial charge in [-0.15, -0.1) is 0 Å². The molecule has 1 aliphatic rings. The van der Waals surface area contributed by atoms with Gasteiger partial charge in [-0.2, -0.15) is 0 Å². The molecule has 7 nitrogen and oxygen atoms in total. The minimum Gasteiger partial charge on any atom is -0.457 e. The maximum absolute atomic E-state index is 12.7. The lowest BCUT2D eigenvalue weighted by Crippen LogP contribution is -2.38. The van der Waals surface area contributed by atoms with Gasteiger partial charge in [-0.05, 0) is 54.8 Å². The molecule has 3 aromatic rings. The molecule has 2 aromatic carbocycles. The molecule has 0 bridgehead atoms. The minimum absolute atomic E-state index is 0.0328. The molecule has 8 heteroatoms. The molecule has 2 heterocycles. The molecular formula is C25H22ClN3O4. The van der Waals surface area contributed by atoms with Crippen LogP contribution in [0.2, 0.25) is 5.02 Å². The van der Waals surface area contributed by atoms with E-state index in [4.69, 9.17) is 16.0 Å². The number of para-hydroxylation sites is 1. The van der Waals surface area contributed by atoms with Crippen LogP contribution in [0, 0.1) is 6.92 Å². The highest BCUT2D eigenvalue weighted by Crippen LogP contribution is 2.29. The molecule has 1 aromatic heterocycles. The summed E-state index contributed by atoms with van der Waals surface area (Å²) in [6.45, 7) is 3.52. The number of nitrogens with one attached hydrogen (secondary N) is 2. The van der Waals surface area contributed by atoms with Gasteiger partial charge in [-0.1, -0.05) is 42.8 Å². The van der Waals surface area contributed by atoms with Crippen molar-refractivity contribution in [3.8, 4) is 11.3 Å². The molecular weight excluding hydrogens is 442 g/mol. The molecule has 1 aliphatic heterocycles. The van der Waals surface area contributed by atoms with Gasteiger partial charge in [-0.25, -0.2) is 9.69 Å². The number of amides is 4. The Bertz CT molecular complexity index is 1280. The standard InChI is InChI=1S/C25H22ClN3O4/c1-3-16-6-4-5-7-20(16)27-23(30)14-29-24(31)21(28-25(29)32)13-18-10-11-22(33-18)19-12-17(26)9-8-15(19)2/h4-13H,3,14H2,1-2H3,(H,27,30)(H,28,32)/b21-13+. The molecule has 0 atom stereocenters. The first-order chi connectivity index (χ1) is 15.9. The first-order valence-corrected chi connectivity index (χ1v) is 10.8.